The van der Waals surface area contributed by atoms with E-state index in [1.54, 1.807) is 0 Å². The van der Waals surface area contributed by atoms with E-state index >= 15 is 0 Å². The number of hydrogen-bond donors (Lipinski definition) is 0. The number of nitrogens with zero attached hydrogens (tertiary/aromatic N) is 10. The Balaban J connectivity index is 0.00000132. The van der Waals surface area contributed by atoms with Gasteiger partial charge in [0.15, 0.2) is 0 Å². The van der Waals surface area contributed by atoms with Crippen LogP contribution in [0.5, 0.6) is 0 Å². The summed E-state index contributed by atoms with van der Waals surface area (Å²) in [5.74, 6) is -0.103. The highest BCUT2D eigenvalue weighted by molar-refractivity contribution is 5.81. The van der Waals surface area contributed by atoms with Crippen LogP contribution in [0.25, 0.3) is 0 Å². The minimum Gasteiger partial charge on any atom is -0.466 e. The molecule has 0 bridgehead atoms. The fourth-order valence-electron chi connectivity index (χ4n) is 17.9. The van der Waals surface area contributed by atoms with Crippen molar-refractivity contribution >= 4 is 47.5 Å². The average Bonchev–Trinajstić information content (AvgIpc) is 0.860. The molecule has 2 aliphatic heterocycles. The number of amides is 4. The highest BCUT2D eigenvalue weighted by Crippen LogP contribution is 2.19. The predicted octanol–water partition coefficient (Wildman–Crippen LogP) is 23.7. The van der Waals surface area contributed by atoms with Crippen molar-refractivity contribution in [2.45, 2.75) is 467 Å². The molecule has 2 saturated heterocycles. The van der Waals surface area contributed by atoms with Gasteiger partial charge >= 0.3 is 23.9 Å². The molecule has 4 amide bonds. The highest BCUT2D eigenvalue weighted by atomic mass is 16.5. The van der Waals surface area contributed by atoms with Crippen molar-refractivity contribution in [1.82, 2.24) is 49.0 Å². The van der Waals surface area contributed by atoms with Gasteiger partial charge in [0.1, 0.15) is 0 Å². The van der Waals surface area contributed by atoms with E-state index in [2.05, 4.69) is 98.6 Å². The van der Waals surface area contributed by atoms with Crippen molar-refractivity contribution in [3.05, 3.63) is 0 Å². The molecule has 2 heterocycles. The number of ether oxygens (including phenoxy) is 4. The smallest absolute Gasteiger partial charge is 0.305 e. The molecule has 0 atom stereocenters. The van der Waals surface area contributed by atoms with Crippen molar-refractivity contribution in [2.75, 3.05) is 197 Å². The second-order valence-electron chi connectivity index (χ2n) is 39.2. The summed E-state index contributed by atoms with van der Waals surface area (Å²) in [5, 5.41) is 0. The number of rotatable bonds is 94. The maximum Gasteiger partial charge on any atom is 0.305 e. The van der Waals surface area contributed by atoms with Crippen LogP contribution in [0.3, 0.4) is 0 Å². The molecule has 0 spiro atoms. The van der Waals surface area contributed by atoms with E-state index in [1.165, 1.54) is 238 Å². The van der Waals surface area contributed by atoms with Crippen molar-refractivity contribution < 1.29 is 57.3 Å². The molecule has 2 fully saturated rings. The molecule has 0 N–H and O–H groups in total. The van der Waals surface area contributed by atoms with Gasteiger partial charge in [-0.15, -0.1) is 0 Å². The molecule has 2 rings (SSSR count). The van der Waals surface area contributed by atoms with Crippen LogP contribution >= 0.6 is 0 Å². The molecule has 22 nitrogen and oxygen atoms in total. The van der Waals surface area contributed by atoms with Crippen LogP contribution in [-0.2, 0) is 57.3 Å². The van der Waals surface area contributed by atoms with Crippen LogP contribution in [0.1, 0.15) is 467 Å². The molecular formula is C110H214N10O12. The summed E-state index contributed by atoms with van der Waals surface area (Å²) in [6.07, 6.45) is 70.0. The zero-order valence-electron chi connectivity index (χ0n) is 88.4. The number of carbonyl (C=O) groups is 8. The summed E-state index contributed by atoms with van der Waals surface area (Å²) < 4.78 is 21.8. The first kappa shape index (κ1) is 126. The zero-order chi connectivity index (χ0) is 96.3. The SMILES string of the molecule is CCCCCCCCCN(CCCC(=O)OCCCCC)CCN(CCCCCCCCC)CC(=O)N1CCN(C(=O)CN(CCCCCCCCC)CCCC(=O)OCCCCC)CC1.CCCCCCCCCN(CCCCCCCCC)CCN(CCCCCCCCC)CC(=O)N1CCN(C(=O)CN(CCCC(=O)OCCCCC)CCCC(=O)OCCCCC)CC1. The molecule has 0 aliphatic carbocycles. The summed E-state index contributed by atoms with van der Waals surface area (Å²) in [6.45, 7) is 42.4. The second kappa shape index (κ2) is 94.1. The quantitative estimate of drug-likeness (QED) is 0.0315. The lowest BCUT2D eigenvalue weighted by Gasteiger charge is -2.37. The van der Waals surface area contributed by atoms with Gasteiger partial charge in [-0.3, -0.25) is 58.0 Å². The summed E-state index contributed by atoms with van der Waals surface area (Å²) in [5.41, 5.74) is 0. The fraction of sp³-hybridized carbons (Fsp3) is 0.927. The monoisotopic (exact) mass is 1870 g/mol. The summed E-state index contributed by atoms with van der Waals surface area (Å²) >= 11 is 0. The minimum absolute atomic E-state index is 0.0361. The number of unbranched alkanes of at least 4 members (excludes halogenated alkanes) is 44. The Kier molecular flexibility index (Phi) is 89.5. The summed E-state index contributed by atoms with van der Waals surface area (Å²) in [7, 11) is 0. The average molecular weight is 1870 g/mol. The largest absolute Gasteiger partial charge is 0.466 e. The topological polar surface area (TPSA) is 206 Å². The molecule has 2 aliphatic rings. The van der Waals surface area contributed by atoms with E-state index in [9.17, 15) is 38.4 Å². The first-order chi connectivity index (χ1) is 64.5. The Bertz CT molecular complexity index is 2600. The van der Waals surface area contributed by atoms with Gasteiger partial charge in [-0.25, -0.2) is 0 Å². The van der Waals surface area contributed by atoms with Gasteiger partial charge in [-0.05, 0) is 155 Å². The first-order valence-electron chi connectivity index (χ1n) is 56.6. The molecule has 0 aromatic rings. The van der Waals surface area contributed by atoms with E-state index in [1.807, 2.05) is 19.6 Å². The molecule has 0 aromatic carbocycles. The van der Waals surface area contributed by atoms with Crippen LogP contribution in [0.15, 0.2) is 0 Å². The number of carbonyl (C=O) groups excluding carboxylic acids is 8. The molecule has 0 unspecified atom stereocenters. The van der Waals surface area contributed by atoms with Crippen LogP contribution in [0.2, 0.25) is 0 Å². The van der Waals surface area contributed by atoms with Gasteiger partial charge in [-0.1, -0.05) is 352 Å². The van der Waals surface area contributed by atoms with Gasteiger partial charge in [0.2, 0.25) is 23.6 Å². The Morgan fingerprint density at radius 2 is 0.303 bits per heavy atom. The molecule has 0 radical (unpaired) electrons. The van der Waals surface area contributed by atoms with E-state index in [4.69, 9.17) is 18.9 Å². The number of hydrogen-bond acceptors (Lipinski definition) is 18. The molecule has 0 aromatic heterocycles. The minimum atomic E-state index is -0.195. The third-order valence-electron chi connectivity index (χ3n) is 26.8. The third kappa shape index (κ3) is 76.5. The van der Waals surface area contributed by atoms with E-state index < -0.39 is 0 Å². The fourth-order valence-corrected chi connectivity index (χ4v) is 17.9. The standard InChI is InChI=1S/2C55H107N5O6/c1-6-11-16-19-22-25-28-37-56(40-33-35-54(63)65-48-31-14-9-4)42-43-58(39-30-27-24-21-18-13-8-3)51-53(62)60-46-44-59(45-47-60)52(61)50-57(38-29-26-23-20-17-12-7-2)41-34-36-55(64)66-49-32-15-10-5;1-6-11-16-19-22-25-28-37-56(38-29-26-23-20-17-12-7-2)42-43-58(39-30-27-24-21-18-13-8-3)51-53(62)60-46-44-59(45-47-60)52(61)50-57(40-33-35-54(63)65-48-31-14-9-4)41-34-36-55(64)66-49-32-15-10-5/h2*6-51H2,1-5H3. The lowest BCUT2D eigenvalue weighted by Crippen LogP contribution is -2.54. The molecule has 22 heteroatoms. The Hall–Kier alpha value is -4.48. The third-order valence-corrected chi connectivity index (χ3v) is 26.8. The normalized spacial score (nSPS) is 13.1. The van der Waals surface area contributed by atoms with Crippen molar-refractivity contribution in [3.63, 3.8) is 0 Å². The lowest BCUT2D eigenvalue weighted by molar-refractivity contribution is -0.145. The lowest BCUT2D eigenvalue weighted by atomic mass is 10.1. The Morgan fingerprint density at radius 1 is 0.167 bits per heavy atom. The van der Waals surface area contributed by atoms with E-state index in [-0.39, 0.29) is 54.1 Å². The maximum absolute atomic E-state index is 14.0. The summed E-state index contributed by atoms with van der Waals surface area (Å²) in [4.78, 5) is 127. The summed E-state index contributed by atoms with van der Waals surface area (Å²) in [6, 6.07) is 0. The molecule has 0 saturated carbocycles. The van der Waals surface area contributed by atoms with Gasteiger partial charge < -0.3 is 48.3 Å². The number of esters is 4. The van der Waals surface area contributed by atoms with Crippen molar-refractivity contribution in [3.8, 4) is 0 Å². The highest BCUT2D eigenvalue weighted by Gasteiger charge is 2.30. The first-order valence-corrected chi connectivity index (χ1v) is 56.6. The predicted molar refractivity (Wildman–Crippen MR) is 552 cm³/mol. The van der Waals surface area contributed by atoms with Crippen LogP contribution in [-0.4, -0.2) is 293 Å². The van der Waals surface area contributed by atoms with Crippen molar-refractivity contribution in [2.24, 2.45) is 0 Å². The van der Waals surface area contributed by atoms with Gasteiger partial charge in [-0.2, -0.15) is 0 Å². The van der Waals surface area contributed by atoms with E-state index in [0.29, 0.717) is 163 Å². The van der Waals surface area contributed by atoms with E-state index in [0.717, 1.165) is 188 Å². The molecule has 776 valence electrons. The molecule has 132 heavy (non-hydrogen) atoms. The van der Waals surface area contributed by atoms with Gasteiger partial charge in [0, 0.05) is 104 Å². The van der Waals surface area contributed by atoms with Crippen LogP contribution in [0, 0.1) is 0 Å². The van der Waals surface area contributed by atoms with Crippen LogP contribution < -0.4 is 0 Å². The maximum atomic E-state index is 14.0. The van der Waals surface area contributed by atoms with Crippen LogP contribution in [0.4, 0.5) is 0 Å². The second-order valence-corrected chi connectivity index (χ2v) is 39.2. The van der Waals surface area contributed by atoms with Crippen molar-refractivity contribution in [1.29, 1.82) is 0 Å². The Labute approximate surface area is 813 Å². The van der Waals surface area contributed by atoms with Gasteiger partial charge in [0.25, 0.3) is 0 Å². The zero-order valence-corrected chi connectivity index (χ0v) is 88.4. The van der Waals surface area contributed by atoms with Gasteiger partial charge in [0.05, 0.1) is 52.6 Å². The molecular weight excluding hydrogens is 1650 g/mol. The Morgan fingerprint density at radius 3 is 0.492 bits per heavy atom. The number of piperazine rings is 2.